The minimum atomic E-state index is -1.13. The molecule has 2 atom stereocenters. The van der Waals surface area contributed by atoms with E-state index in [4.69, 9.17) is 23.2 Å². The molecule has 0 aliphatic carbocycles. The van der Waals surface area contributed by atoms with Crippen molar-refractivity contribution in [2.45, 2.75) is 52.0 Å². The monoisotopic (exact) mass is 428 g/mol. The second-order valence-corrected chi connectivity index (χ2v) is 8.94. The van der Waals surface area contributed by atoms with Crippen LogP contribution < -0.4 is 5.32 Å². The van der Waals surface area contributed by atoms with Gasteiger partial charge in [-0.1, -0.05) is 63.0 Å². The third-order valence-corrected chi connectivity index (χ3v) is 5.68. The van der Waals surface area contributed by atoms with E-state index in [-0.39, 0.29) is 5.91 Å². The predicted octanol–water partition coefficient (Wildman–Crippen LogP) is 5.36. The van der Waals surface area contributed by atoms with Crippen LogP contribution in [0.5, 0.6) is 0 Å². The first kappa shape index (κ1) is 24.3. The Balaban J connectivity index is 3.76. The third kappa shape index (κ3) is 5.65. The Morgan fingerprint density at radius 1 is 1.29 bits per heavy atom. The molecule has 0 radical (unpaired) electrons. The highest BCUT2D eigenvalue weighted by Gasteiger charge is 2.47. The first-order chi connectivity index (χ1) is 12.9. The van der Waals surface area contributed by atoms with Crippen molar-refractivity contribution in [2.75, 3.05) is 13.6 Å². The summed E-state index contributed by atoms with van der Waals surface area (Å²) in [4.78, 5) is 25.7. The molecular formula is C21H30Cl2N2O3. The van der Waals surface area contributed by atoms with Crippen LogP contribution in [-0.4, -0.2) is 41.6 Å². The van der Waals surface area contributed by atoms with Crippen molar-refractivity contribution in [1.29, 1.82) is 0 Å². The topological polar surface area (TPSA) is 69.6 Å². The molecule has 5 nitrogen and oxygen atoms in total. The maximum absolute atomic E-state index is 12.4. The molecule has 0 saturated heterocycles. The Hall–Kier alpha value is -1.72. The molecule has 0 heterocycles. The summed E-state index contributed by atoms with van der Waals surface area (Å²) in [7, 11) is 1.72. The Morgan fingerprint density at radius 3 is 2.32 bits per heavy atom. The van der Waals surface area contributed by atoms with Crippen LogP contribution in [0.4, 0.5) is 4.79 Å². The highest BCUT2D eigenvalue weighted by Crippen LogP contribution is 2.42. The van der Waals surface area contributed by atoms with Crippen LogP contribution in [0.15, 0.2) is 30.9 Å². The van der Waals surface area contributed by atoms with Crippen molar-refractivity contribution in [1.82, 2.24) is 10.2 Å². The molecule has 0 aliphatic rings. The molecule has 2 N–H and O–H groups in total. The molecule has 28 heavy (non-hydrogen) atoms. The van der Waals surface area contributed by atoms with Crippen molar-refractivity contribution in [3.05, 3.63) is 46.5 Å². The van der Waals surface area contributed by atoms with Crippen molar-refractivity contribution in [3.8, 4) is 0 Å². The summed E-state index contributed by atoms with van der Waals surface area (Å²) in [5, 5.41) is 13.0. The SMILES string of the molecule is C=CCC(CN(C)C(=O)CC)(c1ccc(Cl)c(Cl)c1)C(NC(=O)O)C(C)(C)C. The minimum Gasteiger partial charge on any atom is -0.465 e. The molecule has 0 spiro atoms. The number of hydrogen-bond donors (Lipinski definition) is 2. The number of carbonyl (C=O) groups excluding carboxylic acids is 1. The van der Waals surface area contributed by atoms with E-state index in [1.54, 1.807) is 37.1 Å². The zero-order valence-corrected chi connectivity index (χ0v) is 18.7. The molecule has 1 aromatic rings. The van der Waals surface area contributed by atoms with E-state index >= 15 is 0 Å². The van der Waals surface area contributed by atoms with Gasteiger partial charge < -0.3 is 15.3 Å². The molecule has 0 aliphatic heterocycles. The van der Waals surface area contributed by atoms with Gasteiger partial charge in [0.15, 0.2) is 0 Å². The van der Waals surface area contributed by atoms with Crippen LogP contribution in [0.3, 0.4) is 0 Å². The summed E-state index contributed by atoms with van der Waals surface area (Å²) in [5.74, 6) is -0.0310. The number of hydrogen-bond acceptors (Lipinski definition) is 2. The molecule has 2 unspecified atom stereocenters. The number of benzene rings is 1. The number of halogens is 2. The second-order valence-electron chi connectivity index (χ2n) is 8.13. The maximum atomic E-state index is 12.4. The molecule has 1 rings (SSSR count). The highest BCUT2D eigenvalue weighted by atomic mass is 35.5. The van der Waals surface area contributed by atoms with E-state index in [1.165, 1.54) is 0 Å². The average molecular weight is 429 g/mol. The third-order valence-electron chi connectivity index (χ3n) is 4.94. The summed E-state index contributed by atoms with van der Waals surface area (Å²) in [6, 6.07) is 4.75. The molecule has 0 aromatic heterocycles. The van der Waals surface area contributed by atoms with Gasteiger partial charge in [0, 0.05) is 31.5 Å². The molecule has 2 amide bonds. The molecular weight excluding hydrogens is 399 g/mol. The number of amides is 2. The van der Waals surface area contributed by atoms with E-state index < -0.39 is 23.0 Å². The number of allylic oxidation sites excluding steroid dienone is 1. The van der Waals surface area contributed by atoms with Gasteiger partial charge in [-0.2, -0.15) is 0 Å². The van der Waals surface area contributed by atoms with E-state index in [0.29, 0.717) is 29.4 Å². The second kappa shape index (κ2) is 9.66. The number of rotatable bonds is 8. The van der Waals surface area contributed by atoms with Gasteiger partial charge in [-0.15, -0.1) is 6.58 Å². The van der Waals surface area contributed by atoms with Gasteiger partial charge in [0.25, 0.3) is 0 Å². The Kier molecular flexibility index (Phi) is 8.39. The smallest absolute Gasteiger partial charge is 0.404 e. The van der Waals surface area contributed by atoms with Crippen molar-refractivity contribution in [3.63, 3.8) is 0 Å². The van der Waals surface area contributed by atoms with E-state index in [0.717, 1.165) is 5.56 Å². The molecule has 0 bridgehead atoms. The van der Waals surface area contributed by atoms with Crippen LogP contribution in [0.2, 0.25) is 10.0 Å². The number of nitrogens with one attached hydrogen (secondary N) is 1. The summed E-state index contributed by atoms with van der Waals surface area (Å²) < 4.78 is 0. The number of nitrogens with zero attached hydrogens (tertiary/aromatic N) is 1. The van der Waals surface area contributed by atoms with Crippen LogP contribution in [0.1, 0.15) is 46.1 Å². The fraction of sp³-hybridized carbons (Fsp3) is 0.524. The summed E-state index contributed by atoms with van der Waals surface area (Å²) in [5.41, 5.74) is -0.443. The summed E-state index contributed by atoms with van der Waals surface area (Å²) in [6.45, 7) is 11.9. The van der Waals surface area contributed by atoms with Gasteiger partial charge in [-0.3, -0.25) is 4.79 Å². The zero-order chi connectivity index (χ0) is 21.7. The number of likely N-dealkylation sites (N-methyl/N-ethyl adjacent to an activating group) is 1. The highest BCUT2D eigenvalue weighted by molar-refractivity contribution is 6.42. The van der Waals surface area contributed by atoms with E-state index in [2.05, 4.69) is 11.9 Å². The van der Waals surface area contributed by atoms with Gasteiger partial charge >= 0.3 is 6.09 Å². The average Bonchev–Trinajstić information content (AvgIpc) is 2.59. The molecule has 1 aromatic carbocycles. The number of carbonyl (C=O) groups is 2. The van der Waals surface area contributed by atoms with Gasteiger partial charge in [0.05, 0.1) is 10.0 Å². The van der Waals surface area contributed by atoms with Crippen LogP contribution in [0.25, 0.3) is 0 Å². The zero-order valence-electron chi connectivity index (χ0n) is 17.2. The van der Waals surface area contributed by atoms with Crippen molar-refractivity contribution in [2.24, 2.45) is 5.41 Å². The summed E-state index contributed by atoms with van der Waals surface area (Å²) >= 11 is 12.4. The Labute approximate surface area is 177 Å². The van der Waals surface area contributed by atoms with Gasteiger partial charge in [-0.05, 0) is 29.5 Å². The normalized spacial score (nSPS) is 14.7. The minimum absolute atomic E-state index is 0.0310. The lowest BCUT2D eigenvalue weighted by molar-refractivity contribution is -0.130. The lowest BCUT2D eigenvalue weighted by Gasteiger charge is -2.48. The van der Waals surface area contributed by atoms with Crippen LogP contribution in [0, 0.1) is 5.41 Å². The Bertz CT molecular complexity index is 731. The van der Waals surface area contributed by atoms with Gasteiger partial charge in [0.1, 0.15) is 0 Å². The summed E-state index contributed by atoms with van der Waals surface area (Å²) in [6.07, 6.45) is 1.41. The predicted molar refractivity (Wildman–Crippen MR) is 115 cm³/mol. The first-order valence-corrected chi connectivity index (χ1v) is 9.94. The quantitative estimate of drug-likeness (QED) is 0.547. The van der Waals surface area contributed by atoms with Crippen LogP contribution >= 0.6 is 23.2 Å². The van der Waals surface area contributed by atoms with Crippen LogP contribution in [-0.2, 0) is 10.2 Å². The molecule has 0 fully saturated rings. The lowest BCUT2D eigenvalue weighted by Crippen LogP contribution is -2.60. The van der Waals surface area contributed by atoms with Crippen molar-refractivity contribution >= 4 is 35.2 Å². The Morgan fingerprint density at radius 2 is 1.89 bits per heavy atom. The first-order valence-electron chi connectivity index (χ1n) is 9.19. The fourth-order valence-electron chi connectivity index (χ4n) is 3.80. The fourth-order valence-corrected chi connectivity index (χ4v) is 4.10. The standard InChI is InChI=1S/C21H30Cl2N2O3/c1-7-11-21(13-25(6)17(26)8-2,14-9-10-15(22)16(23)12-14)18(20(3,4)5)24-19(27)28/h7,9-10,12,18,24H,1,8,11,13H2,2-6H3,(H,27,28). The van der Waals surface area contributed by atoms with E-state index in [9.17, 15) is 14.7 Å². The van der Waals surface area contributed by atoms with Crippen molar-refractivity contribution < 1.29 is 14.7 Å². The molecule has 156 valence electrons. The molecule has 7 heteroatoms. The largest absolute Gasteiger partial charge is 0.465 e. The lowest BCUT2D eigenvalue weighted by atomic mass is 9.63. The number of carboxylic acid groups (broad SMARTS) is 1. The van der Waals surface area contributed by atoms with Gasteiger partial charge in [0.2, 0.25) is 5.91 Å². The van der Waals surface area contributed by atoms with E-state index in [1.807, 2.05) is 26.8 Å². The maximum Gasteiger partial charge on any atom is 0.404 e. The van der Waals surface area contributed by atoms with Gasteiger partial charge in [-0.25, -0.2) is 4.79 Å². The molecule has 0 saturated carbocycles.